The first kappa shape index (κ1) is 13.1. The molecule has 2 rings (SSSR count). The molecule has 98 valence electrons. The second-order valence-corrected chi connectivity index (χ2v) is 5.56. The molecule has 2 heteroatoms. The quantitative estimate of drug-likeness (QED) is 0.865. The van der Waals surface area contributed by atoms with Crippen molar-refractivity contribution >= 4 is 5.91 Å². The number of hydrogen-bond acceptors (Lipinski definition) is 1. The number of carbonyl (C=O) groups is 1. The molecular formula is C16H23NO. The number of hydrogen-bond donors (Lipinski definition) is 1. The van der Waals surface area contributed by atoms with Crippen molar-refractivity contribution in [2.75, 3.05) is 0 Å². The second kappa shape index (κ2) is 5.55. The molecule has 0 heterocycles. The van der Waals surface area contributed by atoms with Gasteiger partial charge in [-0.1, -0.05) is 31.0 Å². The molecular weight excluding hydrogens is 222 g/mol. The van der Waals surface area contributed by atoms with Crippen molar-refractivity contribution in [3.63, 3.8) is 0 Å². The molecule has 18 heavy (non-hydrogen) atoms. The van der Waals surface area contributed by atoms with Gasteiger partial charge in [0.05, 0.1) is 6.04 Å². The molecule has 1 N–H and O–H groups in total. The fourth-order valence-electron chi connectivity index (χ4n) is 2.64. The fourth-order valence-corrected chi connectivity index (χ4v) is 2.64. The molecule has 0 bridgehead atoms. The molecule has 1 fully saturated rings. The fraction of sp³-hybridized carbons (Fsp3) is 0.562. The van der Waals surface area contributed by atoms with E-state index >= 15 is 0 Å². The number of rotatable bonds is 3. The molecule has 0 aromatic heterocycles. The van der Waals surface area contributed by atoms with Crippen LogP contribution in [0.1, 0.15) is 55.3 Å². The Labute approximate surface area is 110 Å². The SMILES string of the molecule is Cc1ccc([C@@H](C)NC(=O)C2CCCC2)cc1C. The van der Waals surface area contributed by atoms with E-state index in [2.05, 4.69) is 44.3 Å². The summed E-state index contributed by atoms with van der Waals surface area (Å²) in [6.07, 6.45) is 4.53. The predicted octanol–water partition coefficient (Wildman–Crippen LogP) is 3.67. The van der Waals surface area contributed by atoms with Gasteiger partial charge in [-0.3, -0.25) is 4.79 Å². The van der Waals surface area contributed by atoms with Gasteiger partial charge in [0.1, 0.15) is 0 Å². The van der Waals surface area contributed by atoms with Crippen LogP contribution in [0.25, 0.3) is 0 Å². The van der Waals surface area contributed by atoms with Crippen LogP contribution in [0.15, 0.2) is 18.2 Å². The van der Waals surface area contributed by atoms with Gasteiger partial charge >= 0.3 is 0 Å². The van der Waals surface area contributed by atoms with E-state index in [1.807, 2.05) is 0 Å². The molecule has 0 saturated heterocycles. The molecule has 0 unspecified atom stereocenters. The summed E-state index contributed by atoms with van der Waals surface area (Å²) in [7, 11) is 0. The highest BCUT2D eigenvalue weighted by Gasteiger charge is 2.23. The predicted molar refractivity (Wildman–Crippen MR) is 74.4 cm³/mol. The van der Waals surface area contributed by atoms with Gasteiger partial charge in [0.15, 0.2) is 0 Å². The first-order chi connectivity index (χ1) is 8.58. The Morgan fingerprint density at radius 3 is 2.50 bits per heavy atom. The van der Waals surface area contributed by atoms with Crippen LogP contribution in [0.5, 0.6) is 0 Å². The van der Waals surface area contributed by atoms with Crippen LogP contribution in [-0.4, -0.2) is 5.91 Å². The highest BCUT2D eigenvalue weighted by atomic mass is 16.1. The van der Waals surface area contributed by atoms with E-state index < -0.39 is 0 Å². The lowest BCUT2D eigenvalue weighted by atomic mass is 10.0. The van der Waals surface area contributed by atoms with E-state index in [9.17, 15) is 4.79 Å². The number of benzene rings is 1. The van der Waals surface area contributed by atoms with Crippen LogP contribution >= 0.6 is 0 Å². The topological polar surface area (TPSA) is 29.1 Å². The van der Waals surface area contributed by atoms with E-state index in [0.29, 0.717) is 0 Å². The average molecular weight is 245 g/mol. The summed E-state index contributed by atoms with van der Waals surface area (Å²) in [6, 6.07) is 6.53. The van der Waals surface area contributed by atoms with Crippen molar-refractivity contribution in [3.05, 3.63) is 34.9 Å². The van der Waals surface area contributed by atoms with Crippen molar-refractivity contribution in [1.82, 2.24) is 5.32 Å². The average Bonchev–Trinajstić information content (AvgIpc) is 2.86. The van der Waals surface area contributed by atoms with E-state index in [4.69, 9.17) is 0 Å². The summed E-state index contributed by atoms with van der Waals surface area (Å²) in [4.78, 5) is 12.1. The third-order valence-electron chi connectivity index (χ3n) is 4.12. The Morgan fingerprint density at radius 2 is 1.89 bits per heavy atom. The van der Waals surface area contributed by atoms with Gasteiger partial charge in [-0.05, 0) is 50.3 Å². The van der Waals surface area contributed by atoms with Gasteiger partial charge in [-0.15, -0.1) is 0 Å². The molecule has 1 aromatic rings. The maximum Gasteiger partial charge on any atom is 0.223 e. The molecule has 0 spiro atoms. The minimum absolute atomic E-state index is 0.109. The third-order valence-corrected chi connectivity index (χ3v) is 4.12. The zero-order valence-corrected chi connectivity index (χ0v) is 11.6. The molecule has 1 amide bonds. The van der Waals surface area contributed by atoms with Gasteiger partial charge in [-0.2, -0.15) is 0 Å². The van der Waals surface area contributed by atoms with Gasteiger partial charge in [0, 0.05) is 5.92 Å². The zero-order valence-electron chi connectivity index (χ0n) is 11.6. The second-order valence-electron chi connectivity index (χ2n) is 5.56. The van der Waals surface area contributed by atoms with Crippen molar-refractivity contribution in [2.45, 2.75) is 52.5 Å². The lowest BCUT2D eigenvalue weighted by Crippen LogP contribution is -2.31. The maximum absolute atomic E-state index is 12.1. The van der Waals surface area contributed by atoms with E-state index in [1.54, 1.807) is 0 Å². The minimum atomic E-state index is 0.109. The molecule has 0 aliphatic heterocycles. The highest BCUT2D eigenvalue weighted by molar-refractivity contribution is 5.79. The Hall–Kier alpha value is -1.31. The summed E-state index contributed by atoms with van der Waals surface area (Å²) in [5.74, 6) is 0.484. The van der Waals surface area contributed by atoms with Crippen molar-refractivity contribution in [2.24, 2.45) is 5.92 Å². The standard InChI is InChI=1S/C16H23NO/c1-11-8-9-15(10-12(11)2)13(3)17-16(18)14-6-4-5-7-14/h8-10,13-14H,4-7H2,1-3H3,(H,17,18)/t13-/m1/s1. The lowest BCUT2D eigenvalue weighted by Gasteiger charge is -2.18. The van der Waals surface area contributed by atoms with Crippen LogP contribution < -0.4 is 5.32 Å². The van der Waals surface area contributed by atoms with Crippen LogP contribution in [0.4, 0.5) is 0 Å². The van der Waals surface area contributed by atoms with Gasteiger partial charge in [0.25, 0.3) is 0 Å². The van der Waals surface area contributed by atoms with Gasteiger partial charge < -0.3 is 5.32 Å². The summed E-state index contributed by atoms with van der Waals surface area (Å²) in [5, 5.41) is 3.15. The number of carbonyl (C=O) groups excluding carboxylic acids is 1. The van der Waals surface area contributed by atoms with Crippen LogP contribution in [0, 0.1) is 19.8 Å². The summed E-state index contributed by atoms with van der Waals surface area (Å²) in [5.41, 5.74) is 3.78. The van der Waals surface area contributed by atoms with E-state index in [1.165, 1.54) is 29.5 Å². The molecule has 1 saturated carbocycles. The Bertz CT molecular complexity index is 433. The smallest absolute Gasteiger partial charge is 0.223 e. The first-order valence-corrected chi connectivity index (χ1v) is 6.95. The normalized spacial score (nSPS) is 17.7. The largest absolute Gasteiger partial charge is 0.349 e. The van der Waals surface area contributed by atoms with E-state index in [-0.39, 0.29) is 17.9 Å². The Kier molecular flexibility index (Phi) is 4.05. The Morgan fingerprint density at radius 1 is 1.22 bits per heavy atom. The maximum atomic E-state index is 12.1. The molecule has 1 atom stereocenters. The number of amides is 1. The number of aryl methyl sites for hydroxylation is 2. The van der Waals surface area contributed by atoms with Crippen molar-refractivity contribution in [1.29, 1.82) is 0 Å². The monoisotopic (exact) mass is 245 g/mol. The van der Waals surface area contributed by atoms with E-state index in [0.717, 1.165) is 12.8 Å². The minimum Gasteiger partial charge on any atom is -0.349 e. The van der Waals surface area contributed by atoms with Crippen LogP contribution in [0.3, 0.4) is 0 Å². The molecule has 2 nitrogen and oxygen atoms in total. The third kappa shape index (κ3) is 2.92. The molecule has 1 aromatic carbocycles. The van der Waals surface area contributed by atoms with Crippen molar-refractivity contribution < 1.29 is 4.79 Å². The number of nitrogens with one attached hydrogen (secondary N) is 1. The van der Waals surface area contributed by atoms with Crippen LogP contribution in [0.2, 0.25) is 0 Å². The van der Waals surface area contributed by atoms with Crippen LogP contribution in [-0.2, 0) is 4.79 Å². The lowest BCUT2D eigenvalue weighted by molar-refractivity contribution is -0.125. The van der Waals surface area contributed by atoms with Gasteiger partial charge in [0.2, 0.25) is 5.91 Å². The van der Waals surface area contributed by atoms with Crippen molar-refractivity contribution in [3.8, 4) is 0 Å². The molecule has 0 radical (unpaired) electrons. The summed E-state index contributed by atoms with van der Waals surface area (Å²) in [6.45, 7) is 6.29. The summed E-state index contributed by atoms with van der Waals surface area (Å²) < 4.78 is 0. The molecule has 1 aliphatic rings. The summed E-state index contributed by atoms with van der Waals surface area (Å²) >= 11 is 0. The molecule has 1 aliphatic carbocycles. The van der Waals surface area contributed by atoms with Gasteiger partial charge in [-0.25, -0.2) is 0 Å². The Balaban J connectivity index is 2.00. The first-order valence-electron chi connectivity index (χ1n) is 6.95. The highest BCUT2D eigenvalue weighted by Crippen LogP contribution is 2.26. The zero-order chi connectivity index (χ0) is 13.1.